The molecule has 0 fully saturated rings. The van der Waals surface area contributed by atoms with E-state index in [4.69, 9.17) is 11.6 Å². The third-order valence-corrected chi connectivity index (χ3v) is 1.73. The van der Waals surface area contributed by atoms with Gasteiger partial charge in [-0.2, -0.15) is 0 Å². The molecule has 1 rings (SSSR count). The highest BCUT2D eigenvalue weighted by Gasteiger charge is 1.94. The number of amides is 1. The minimum Gasteiger partial charge on any atom is -0.368 e. The Bertz CT molecular complexity index is 317. The molecule has 1 amide bonds. The third kappa shape index (κ3) is 4.09. The van der Waals surface area contributed by atoms with Gasteiger partial charge in [0.25, 0.3) is 0 Å². The van der Waals surface area contributed by atoms with Crippen LogP contribution in [0.3, 0.4) is 0 Å². The van der Waals surface area contributed by atoms with Gasteiger partial charge in [0.2, 0.25) is 5.91 Å². The van der Waals surface area contributed by atoms with E-state index in [-0.39, 0.29) is 5.91 Å². The summed E-state index contributed by atoms with van der Waals surface area (Å²) in [6.45, 7) is 2.69. The fraction of sp³-hybridized carbons (Fsp3) is 0.333. The summed E-state index contributed by atoms with van der Waals surface area (Å²) in [7, 11) is 0. The zero-order valence-corrected chi connectivity index (χ0v) is 8.64. The van der Waals surface area contributed by atoms with Gasteiger partial charge in [0, 0.05) is 20.0 Å². The molecule has 0 spiro atoms. The Morgan fingerprint density at radius 2 is 2.29 bits per heavy atom. The molecule has 5 heteroatoms. The number of anilines is 1. The van der Waals surface area contributed by atoms with Gasteiger partial charge in [-0.05, 0) is 12.1 Å². The number of aromatic nitrogens is 1. The number of halogens is 1. The molecule has 0 aliphatic rings. The van der Waals surface area contributed by atoms with E-state index in [1.807, 2.05) is 12.1 Å². The molecule has 14 heavy (non-hydrogen) atoms. The molecule has 1 aromatic rings. The first-order valence-corrected chi connectivity index (χ1v) is 4.67. The molecule has 1 aromatic heterocycles. The van der Waals surface area contributed by atoms with E-state index in [9.17, 15) is 4.79 Å². The minimum atomic E-state index is -0.0362. The number of carbonyl (C=O) groups excluding carboxylic acids is 1. The van der Waals surface area contributed by atoms with Crippen molar-refractivity contribution in [2.45, 2.75) is 6.92 Å². The number of hydrogen-bond acceptors (Lipinski definition) is 3. The summed E-state index contributed by atoms with van der Waals surface area (Å²) in [4.78, 5) is 14.6. The maximum atomic E-state index is 10.5. The van der Waals surface area contributed by atoms with Gasteiger partial charge in [0.05, 0.1) is 0 Å². The van der Waals surface area contributed by atoms with E-state index in [1.165, 1.54) is 6.92 Å². The number of carbonyl (C=O) groups is 1. The average molecular weight is 214 g/mol. The molecule has 1 heterocycles. The summed E-state index contributed by atoms with van der Waals surface area (Å²) in [5, 5.41) is 6.15. The number of hydrogen-bond donors (Lipinski definition) is 2. The molecule has 4 nitrogen and oxygen atoms in total. The predicted molar refractivity (Wildman–Crippen MR) is 56.4 cm³/mol. The Morgan fingerprint density at radius 3 is 2.93 bits per heavy atom. The molecule has 0 bridgehead atoms. The first-order chi connectivity index (χ1) is 6.68. The summed E-state index contributed by atoms with van der Waals surface area (Å²) in [5.74, 6) is 0.675. The van der Waals surface area contributed by atoms with Gasteiger partial charge in [-0.3, -0.25) is 4.79 Å². The topological polar surface area (TPSA) is 54.0 Å². The maximum absolute atomic E-state index is 10.5. The molecule has 0 atom stereocenters. The average Bonchev–Trinajstić information content (AvgIpc) is 2.12. The molecule has 0 radical (unpaired) electrons. The molecular formula is C9H12ClN3O. The number of pyridine rings is 1. The van der Waals surface area contributed by atoms with E-state index < -0.39 is 0 Å². The summed E-state index contributed by atoms with van der Waals surface area (Å²) in [6.07, 6.45) is 0. The van der Waals surface area contributed by atoms with Crippen molar-refractivity contribution in [1.82, 2.24) is 10.3 Å². The number of nitrogens with zero attached hydrogens (tertiary/aromatic N) is 1. The Balaban J connectivity index is 2.28. The summed E-state index contributed by atoms with van der Waals surface area (Å²) in [5.41, 5.74) is 0. The zero-order valence-electron chi connectivity index (χ0n) is 7.88. The van der Waals surface area contributed by atoms with Crippen LogP contribution in [-0.4, -0.2) is 24.0 Å². The van der Waals surface area contributed by atoms with E-state index in [2.05, 4.69) is 15.6 Å². The van der Waals surface area contributed by atoms with Crippen LogP contribution in [0.2, 0.25) is 5.15 Å². The van der Waals surface area contributed by atoms with Gasteiger partial charge in [0.15, 0.2) is 0 Å². The molecule has 0 aliphatic heterocycles. The van der Waals surface area contributed by atoms with Gasteiger partial charge in [-0.25, -0.2) is 4.98 Å². The normalized spacial score (nSPS) is 9.57. The standard InChI is InChI=1S/C9H12ClN3O/c1-7(14)11-5-6-12-9-4-2-3-8(10)13-9/h2-4H,5-6H2,1H3,(H,11,14)(H,12,13). The van der Waals surface area contributed by atoms with Crippen molar-refractivity contribution in [2.75, 3.05) is 18.4 Å². The Hall–Kier alpha value is -1.29. The third-order valence-electron chi connectivity index (χ3n) is 1.52. The minimum absolute atomic E-state index is 0.0362. The lowest BCUT2D eigenvalue weighted by molar-refractivity contribution is -0.118. The fourth-order valence-corrected chi connectivity index (χ4v) is 1.10. The van der Waals surface area contributed by atoms with Gasteiger partial charge in [-0.1, -0.05) is 17.7 Å². The van der Waals surface area contributed by atoms with Gasteiger partial charge in [0.1, 0.15) is 11.0 Å². The van der Waals surface area contributed by atoms with Crippen LogP contribution in [0.1, 0.15) is 6.92 Å². The monoisotopic (exact) mass is 213 g/mol. The quantitative estimate of drug-likeness (QED) is 0.585. The molecule has 0 unspecified atom stereocenters. The highest BCUT2D eigenvalue weighted by molar-refractivity contribution is 6.29. The summed E-state index contributed by atoms with van der Waals surface area (Å²) < 4.78 is 0. The van der Waals surface area contributed by atoms with Crippen molar-refractivity contribution in [2.24, 2.45) is 0 Å². The molecule has 2 N–H and O–H groups in total. The van der Waals surface area contributed by atoms with E-state index in [0.717, 1.165) is 0 Å². The van der Waals surface area contributed by atoms with Crippen LogP contribution >= 0.6 is 11.6 Å². The van der Waals surface area contributed by atoms with Crippen molar-refractivity contribution in [1.29, 1.82) is 0 Å². The van der Waals surface area contributed by atoms with Crippen LogP contribution < -0.4 is 10.6 Å². The van der Waals surface area contributed by atoms with Crippen LogP contribution in [0.4, 0.5) is 5.82 Å². The largest absolute Gasteiger partial charge is 0.368 e. The molecule has 0 aliphatic carbocycles. The van der Waals surface area contributed by atoms with E-state index >= 15 is 0 Å². The van der Waals surface area contributed by atoms with Gasteiger partial charge in [-0.15, -0.1) is 0 Å². The van der Waals surface area contributed by atoms with Gasteiger partial charge < -0.3 is 10.6 Å². The first-order valence-electron chi connectivity index (χ1n) is 4.29. The molecule has 0 saturated heterocycles. The van der Waals surface area contributed by atoms with Gasteiger partial charge >= 0.3 is 0 Å². The summed E-state index contributed by atoms with van der Waals surface area (Å²) in [6, 6.07) is 5.34. The summed E-state index contributed by atoms with van der Waals surface area (Å²) >= 11 is 5.69. The lowest BCUT2D eigenvalue weighted by Gasteiger charge is -2.05. The second kappa shape index (κ2) is 5.44. The van der Waals surface area contributed by atoms with Crippen molar-refractivity contribution in [3.05, 3.63) is 23.4 Å². The Kier molecular flexibility index (Phi) is 4.19. The SMILES string of the molecule is CC(=O)NCCNc1cccc(Cl)n1. The molecule has 0 saturated carbocycles. The highest BCUT2D eigenvalue weighted by atomic mass is 35.5. The smallest absolute Gasteiger partial charge is 0.216 e. The fourth-order valence-electron chi connectivity index (χ4n) is 0.936. The van der Waals surface area contributed by atoms with Crippen molar-refractivity contribution < 1.29 is 4.79 Å². The number of nitrogens with one attached hydrogen (secondary N) is 2. The molecule has 0 aromatic carbocycles. The number of rotatable bonds is 4. The lowest BCUT2D eigenvalue weighted by atomic mass is 10.4. The van der Waals surface area contributed by atoms with Crippen molar-refractivity contribution >= 4 is 23.3 Å². The lowest BCUT2D eigenvalue weighted by Crippen LogP contribution is -2.26. The van der Waals surface area contributed by atoms with Crippen LogP contribution in [-0.2, 0) is 4.79 Å². The molecular weight excluding hydrogens is 202 g/mol. The Labute approximate surface area is 87.7 Å². The second-order valence-electron chi connectivity index (χ2n) is 2.76. The molecule has 76 valence electrons. The van der Waals surface area contributed by atoms with Crippen LogP contribution in [0.5, 0.6) is 0 Å². The van der Waals surface area contributed by atoms with Crippen LogP contribution in [0, 0.1) is 0 Å². The predicted octanol–water partition coefficient (Wildman–Crippen LogP) is 1.28. The Morgan fingerprint density at radius 1 is 1.50 bits per heavy atom. The van der Waals surface area contributed by atoms with Crippen molar-refractivity contribution in [3.63, 3.8) is 0 Å². The first kappa shape index (κ1) is 10.8. The van der Waals surface area contributed by atoms with Crippen LogP contribution in [0.15, 0.2) is 18.2 Å². The van der Waals surface area contributed by atoms with Crippen molar-refractivity contribution in [3.8, 4) is 0 Å². The second-order valence-corrected chi connectivity index (χ2v) is 3.14. The van der Waals surface area contributed by atoms with E-state index in [1.54, 1.807) is 6.07 Å². The van der Waals surface area contributed by atoms with Crippen LogP contribution in [0.25, 0.3) is 0 Å². The zero-order chi connectivity index (χ0) is 10.4. The highest BCUT2D eigenvalue weighted by Crippen LogP contribution is 2.08. The maximum Gasteiger partial charge on any atom is 0.216 e. The van der Waals surface area contributed by atoms with E-state index in [0.29, 0.717) is 24.1 Å².